The molecule has 1 aromatic carbocycles. The standard InChI is InChI=1S/C20H23N5O2S/c1-16-5-6-18(15-17(16)2)28(26,27)25-13-11-24(12-14-25)20-8-7-19(21-22-20)23-9-3-4-10-23/h3-10,15H,11-14H2,1-2H3. The van der Waals surface area contributed by atoms with Crippen LogP contribution in [0.3, 0.4) is 0 Å². The largest absolute Gasteiger partial charge is 0.352 e. The lowest BCUT2D eigenvalue weighted by Crippen LogP contribution is -2.49. The van der Waals surface area contributed by atoms with Crippen molar-refractivity contribution in [3.05, 3.63) is 66.0 Å². The van der Waals surface area contributed by atoms with Gasteiger partial charge >= 0.3 is 0 Å². The Bertz CT molecular complexity index is 1050. The molecule has 2 aromatic heterocycles. The summed E-state index contributed by atoms with van der Waals surface area (Å²) in [6, 6.07) is 13.0. The van der Waals surface area contributed by atoms with Crippen molar-refractivity contribution in [3.63, 3.8) is 0 Å². The highest BCUT2D eigenvalue weighted by atomic mass is 32.2. The van der Waals surface area contributed by atoms with E-state index in [9.17, 15) is 8.42 Å². The molecule has 1 aliphatic heterocycles. The minimum atomic E-state index is -3.48. The number of anilines is 1. The van der Waals surface area contributed by atoms with Crippen LogP contribution in [-0.2, 0) is 10.0 Å². The van der Waals surface area contributed by atoms with Crippen LogP contribution in [0.25, 0.3) is 5.82 Å². The molecule has 0 unspecified atom stereocenters. The lowest BCUT2D eigenvalue weighted by molar-refractivity contribution is 0.383. The molecule has 0 radical (unpaired) electrons. The number of aromatic nitrogens is 3. The highest BCUT2D eigenvalue weighted by molar-refractivity contribution is 7.89. The van der Waals surface area contributed by atoms with Crippen LogP contribution in [0.4, 0.5) is 5.82 Å². The Morgan fingerprint density at radius 1 is 0.821 bits per heavy atom. The first kappa shape index (κ1) is 18.6. The van der Waals surface area contributed by atoms with Crippen molar-refractivity contribution in [1.29, 1.82) is 0 Å². The summed E-state index contributed by atoms with van der Waals surface area (Å²) in [7, 11) is -3.48. The molecule has 146 valence electrons. The fourth-order valence-corrected chi connectivity index (χ4v) is 4.80. The summed E-state index contributed by atoms with van der Waals surface area (Å²) < 4.78 is 29.3. The molecule has 28 heavy (non-hydrogen) atoms. The van der Waals surface area contributed by atoms with Gasteiger partial charge in [0.1, 0.15) is 0 Å². The predicted octanol–water partition coefficient (Wildman–Crippen LogP) is 2.40. The molecule has 7 nitrogen and oxygen atoms in total. The van der Waals surface area contributed by atoms with Crippen LogP contribution in [0.5, 0.6) is 0 Å². The number of hydrogen-bond donors (Lipinski definition) is 0. The van der Waals surface area contributed by atoms with Gasteiger partial charge in [-0.15, -0.1) is 10.2 Å². The normalized spacial score (nSPS) is 15.7. The third-order valence-corrected chi connectivity index (χ3v) is 7.08. The smallest absolute Gasteiger partial charge is 0.243 e. The van der Waals surface area contributed by atoms with Gasteiger partial charge in [-0.3, -0.25) is 0 Å². The maximum absolute atomic E-state index is 12.9. The predicted molar refractivity (Wildman–Crippen MR) is 108 cm³/mol. The molecule has 1 saturated heterocycles. The van der Waals surface area contributed by atoms with E-state index < -0.39 is 10.0 Å². The molecular weight excluding hydrogens is 374 g/mol. The molecule has 0 aliphatic carbocycles. The molecule has 4 rings (SSSR count). The number of rotatable bonds is 4. The van der Waals surface area contributed by atoms with Gasteiger partial charge in [0, 0.05) is 38.6 Å². The van der Waals surface area contributed by atoms with E-state index in [1.54, 1.807) is 16.4 Å². The second-order valence-corrected chi connectivity index (χ2v) is 8.92. The van der Waals surface area contributed by atoms with Crippen LogP contribution < -0.4 is 4.90 Å². The van der Waals surface area contributed by atoms with E-state index in [2.05, 4.69) is 15.1 Å². The van der Waals surface area contributed by atoms with Crippen molar-refractivity contribution < 1.29 is 8.42 Å². The monoisotopic (exact) mass is 397 g/mol. The number of piperazine rings is 1. The zero-order valence-corrected chi connectivity index (χ0v) is 16.8. The van der Waals surface area contributed by atoms with Gasteiger partial charge in [-0.25, -0.2) is 8.42 Å². The van der Waals surface area contributed by atoms with Gasteiger partial charge in [-0.1, -0.05) is 6.07 Å². The molecule has 0 N–H and O–H groups in total. The summed E-state index contributed by atoms with van der Waals surface area (Å²) in [6.45, 7) is 5.94. The average Bonchev–Trinajstić information content (AvgIpc) is 3.25. The van der Waals surface area contributed by atoms with Crippen LogP contribution in [0.15, 0.2) is 59.8 Å². The highest BCUT2D eigenvalue weighted by Gasteiger charge is 2.29. The van der Waals surface area contributed by atoms with Crippen molar-refractivity contribution in [1.82, 2.24) is 19.1 Å². The van der Waals surface area contributed by atoms with Crippen molar-refractivity contribution in [2.24, 2.45) is 0 Å². The molecule has 8 heteroatoms. The lowest BCUT2D eigenvalue weighted by atomic mass is 10.1. The van der Waals surface area contributed by atoms with E-state index in [0.717, 1.165) is 22.8 Å². The Labute approximate surface area is 165 Å². The van der Waals surface area contributed by atoms with Crippen molar-refractivity contribution in [2.45, 2.75) is 18.7 Å². The van der Waals surface area contributed by atoms with Crippen LogP contribution in [0.2, 0.25) is 0 Å². The molecule has 3 aromatic rings. The van der Waals surface area contributed by atoms with Crippen LogP contribution in [-0.4, -0.2) is 53.7 Å². The molecule has 1 fully saturated rings. The van der Waals surface area contributed by atoms with Crippen molar-refractivity contribution >= 4 is 15.8 Å². The number of benzene rings is 1. The first-order valence-electron chi connectivity index (χ1n) is 9.24. The minimum absolute atomic E-state index is 0.361. The van der Waals surface area contributed by atoms with E-state index in [0.29, 0.717) is 31.1 Å². The van der Waals surface area contributed by atoms with E-state index in [1.807, 2.05) is 61.1 Å². The maximum Gasteiger partial charge on any atom is 0.243 e. The van der Waals surface area contributed by atoms with E-state index >= 15 is 0 Å². The third-order valence-electron chi connectivity index (χ3n) is 5.18. The third kappa shape index (κ3) is 3.53. The summed E-state index contributed by atoms with van der Waals surface area (Å²) in [4.78, 5) is 2.43. The summed E-state index contributed by atoms with van der Waals surface area (Å²) in [5, 5.41) is 8.58. The molecule has 0 amide bonds. The van der Waals surface area contributed by atoms with Gasteiger partial charge in [0.05, 0.1) is 4.90 Å². The summed E-state index contributed by atoms with van der Waals surface area (Å²) in [5.41, 5.74) is 2.07. The molecule has 1 aliphatic rings. The summed E-state index contributed by atoms with van der Waals surface area (Å²) in [6.07, 6.45) is 3.83. The number of hydrogen-bond acceptors (Lipinski definition) is 5. The van der Waals surface area contributed by atoms with Gasteiger partial charge < -0.3 is 9.47 Å². The molecule has 3 heterocycles. The van der Waals surface area contributed by atoms with Gasteiger partial charge in [0.15, 0.2) is 11.6 Å². The first-order chi connectivity index (χ1) is 13.4. The van der Waals surface area contributed by atoms with Gasteiger partial charge in [0.2, 0.25) is 10.0 Å². The minimum Gasteiger partial charge on any atom is -0.352 e. The Hall–Kier alpha value is -2.71. The molecule has 0 spiro atoms. The van der Waals surface area contributed by atoms with Crippen molar-refractivity contribution in [2.75, 3.05) is 31.1 Å². The Morgan fingerprint density at radius 2 is 1.46 bits per heavy atom. The second-order valence-electron chi connectivity index (χ2n) is 6.98. The summed E-state index contributed by atoms with van der Waals surface area (Å²) in [5.74, 6) is 1.52. The van der Waals surface area contributed by atoms with Crippen molar-refractivity contribution in [3.8, 4) is 5.82 Å². The van der Waals surface area contributed by atoms with Gasteiger partial charge in [-0.05, 0) is 61.4 Å². The number of aryl methyl sites for hydroxylation is 2. The fourth-order valence-electron chi connectivity index (χ4n) is 3.29. The molecule has 0 bridgehead atoms. The Kier molecular flexibility index (Phi) is 4.91. The van der Waals surface area contributed by atoms with Crippen LogP contribution in [0, 0.1) is 13.8 Å². The topological polar surface area (TPSA) is 71.3 Å². The van der Waals surface area contributed by atoms with Crippen LogP contribution in [0.1, 0.15) is 11.1 Å². The second kappa shape index (κ2) is 7.37. The molecule has 0 atom stereocenters. The van der Waals surface area contributed by atoms with Crippen LogP contribution >= 0.6 is 0 Å². The SMILES string of the molecule is Cc1ccc(S(=O)(=O)N2CCN(c3ccc(-n4cccc4)nn3)CC2)cc1C. The fraction of sp³-hybridized carbons (Fsp3) is 0.300. The summed E-state index contributed by atoms with van der Waals surface area (Å²) >= 11 is 0. The van der Waals surface area contributed by atoms with E-state index in [4.69, 9.17) is 0 Å². The lowest BCUT2D eigenvalue weighted by Gasteiger charge is -2.34. The average molecular weight is 398 g/mol. The van der Waals surface area contributed by atoms with Gasteiger partial charge in [0.25, 0.3) is 0 Å². The van der Waals surface area contributed by atoms with Gasteiger partial charge in [-0.2, -0.15) is 4.31 Å². The molecule has 0 saturated carbocycles. The molecular formula is C20H23N5O2S. The van der Waals surface area contributed by atoms with E-state index in [1.165, 1.54) is 0 Å². The first-order valence-corrected chi connectivity index (χ1v) is 10.7. The maximum atomic E-state index is 12.9. The van der Waals surface area contributed by atoms with E-state index in [-0.39, 0.29) is 0 Å². The Morgan fingerprint density at radius 3 is 2.07 bits per heavy atom. The Balaban J connectivity index is 1.44. The highest BCUT2D eigenvalue weighted by Crippen LogP contribution is 2.22. The number of nitrogens with zero attached hydrogens (tertiary/aromatic N) is 5. The number of sulfonamides is 1. The zero-order chi connectivity index (χ0) is 19.7. The quantitative estimate of drug-likeness (QED) is 0.676. The zero-order valence-electron chi connectivity index (χ0n) is 16.0.